The number of carboxylic acids is 1. The first-order valence-corrected chi connectivity index (χ1v) is 8.68. The van der Waals surface area contributed by atoms with E-state index in [4.69, 9.17) is 5.11 Å². The maximum absolute atomic E-state index is 13.2. The number of piperidine rings is 1. The van der Waals surface area contributed by atoms with Gasteiger partial charge in [0.05, 0.1) is 0 Å². The molecule has 0 spiro atoms. The number of likely N-dealkylation sites (tertiary alicyclic amines) is 1. The van der Waals surface area contributed by atoms with Gasteiger partial charge < -0.3 is 10.0 Å². The number of amides is 1. The van der Waals surface area contributed by atoms with Crippen molar-refractivity contribution in [1.82, 2.24) is 4.90 Å². The fourth-order valence-electron chi connectivity index (χ4n) is 3.42. The lowest BCUT2D eigenvalue weighted by molar-refractivity contribution is -0.137. The monoisotopic (exact) mass is 335 g/mol. The summed E-state index contributed by atoms with van der Waals surface area (Å²) in [5, 5.41) is 8.79. The Bertz CT molecular complexity index is 575. The van der Waals surface area contributed by atoms with Crippen molar-refractivity contribution in [2.24, 2.45) is 11.8 Å². The first-order valence-electron chi connectivity index (χ1n) is 8.68. The zero-order valence-electron chi connectivity index (χ0n) is 14.2. The van der Waals surface area contributed by atoms with Crippen LogP contribution in [-0.4, -0.2) is 35.0 Å². The number of halogens is 1. The van der Waals surface area contributed by atoms with Crippen LogP contribution in [0.5, 0.6) is 0 Å². The van der Waals surface area contributed by atoms with Crippen molar-refractivity contribution in [1.29, 1.82) is 0 Å². The molecule has 1 N–H and O–H groups in total. The minimum absolute atomic E-state index is 0.124. The van der Waals surface area contributed by atoms with Crippen molar-refractivity contribution >= 4 is 11.9 Å². The molecule has 0 saturated carbocycles. The van der Waals surface area contributed by atoms with E-state index >= 15 is 0 Å². The van der Waals surface area contributed by atoms with Crippen LogP contribution in [0.15, 0.2) is 24.3 Å². The summed E-state index contributed by atoms with van der Waals surface area (Å²) < 4.78 is 13.2. The lowest BCUT2D eigenvalue weighted by atomic mass is 9.92. The third-order valence-corrected chi connectivity index (χ3v) is 4.63. The summed E-state index contributed by atoms with van der Waals surface area (Å²) in [6.45, 7) is 3.43. The highest BCUT2D eigenvalue weighted by Crippen LogP contribution is 2.23. The second-order valence-electron chi connectivity index (χ2n) is 6.92. The topological polar surface area (TPSA) is 57.6 Å². The molecule has 0 radical (unpaired) electrons. The highest BCUT2D eigenvalue weighted by molar-refractivity contribution is 5.76. The molecule has 0 aromatic heterocycles. The number of carbonyl (C=O) groups is 2. The number of aliphatic carboxylic acids is 1. The van der Waals surface area contributed by atoms with Crippen molar-refractivity contribution in [2.75, 3.05) is 13.1 Å². The molecule has 1 heterocycles. The predicted molar refractivity (Wildman–Crippen MR) is 90.1 cm³/mol. The summed E-state index contributed by atoms with van der Waals surface area (Å²) in [7, 11) is 0. The van der Waals surface area contributed by atoms with E-state index in [9.17, 15) is 14.0 Å². The lowest BCUT2D eigenvalue weighted by Gasteiger charge is -2.33. The van der Waals surface area contributed by atoms with E-state index in [1.165, 1.54) is 12.1 Å². The molecule has 2 atom stereocenters. The average molecular weight is 335 g/mol. The van der Waals surface area contributed by atoms with Gasteiger partial charge in [0.1, 0.15) is 5.82 Å². The second-order valence-corrected chi connectivity index (χ2v) is 6.92. The van der Waals surface area contributed by atoms with Gasteiger partial charge in [0.25, 0.3) is 0 Å². The second kappa shape index (κ2) is 8.81. The van der Waals surface area contributed by atoms with Gasteiger partial charge in [-0.2, -0.15) is 0 Å². The van der Waals surface area contributed by atoms with Gasteiger partial charge in [0.15, 0.2) is 0 Å². The zero-order valence-corrected chi connectivity index (χ0v) is 14.2. The molecule has 1 aromatic rings. The Morgan fingerprint density at radius 2 is 2.21 bits per heavy atom. The fraction of sp³-hybridized carbons (Fsp3) is 0.579. The van der Waals surface area contributed by atoms with Crippen molar-refractivity contribution in [3.8, 4) is 0 Å². The van der Waals surface area contributed by atoms with E-state index in [0.717, 1.165) is 24.9 Å². The summed E-state index contributed by atoms with van der Waals surface area (Å²) in [4.78, 5) is 25.1. The standard InChI is InChI=1S/C19H26FNO3/c1-14(10-16-4-2-6-17(20)12-16)11-18(22)21-9-3-5-15(13-21)7-8-19(23)24/h2,4,6,12,14-15H,3,5,7-11,13H2,1H3,(H,23,24). The number of rotatable bonds is 7. The first kappa shape index (κ1) is 18.4. The van der Waals surface area contributed by atoms with Crippen LogP contribution in [0.2, 0.25) is 0 Å². The number of carbonyl (C=O) groups excluding carboxylic acids is 1. The maximum Gasteiger partial charge on any atom is 0.303 e. The van der Waals surface area contributed by atoms with Gasteiger partial charge in [-0.1, -0.05) is 19.1 Å². The first-order chi connectivity index (χ1) is 11.4. The third-order valence-electron chi connectivity index (χ3n) is 4.63. The van der Waals surface area contributed by atoms with Crippen LogP contribution in [0, 0.1) is 17.7 Å². The van der Waals surface area contributed by atoms with Gasteiger partial charge in [-0.15, -0.1) is 0 Å². The Hall–Kier alpha value is -1.91. The predicted octanol–water partition coefficient (Wildman–Crippen LogP) is 3.50. The normalized spacial score (nSPS) is 19.1. The fourth-order valence-corrected chi connectivity index (χ4v) is 3.42. The molecular weight excluding hydrogens is 309 g/mol. The molecule has 132 valence electrons. The molecular formula is C19H26FNO3. The molecule has 1 aromatic carbocycles. The number of carboxylic acid groups (broad SMARTS) is 1. The van der Waals surface area contributed by atoms with Crippen LogP contribution >= 0.6 is 0 Å². The van der Waals surface area contributed by atoms with E-state index in [-0.39, 0.29) is 30.0 Å². The number of nitrogens with zero attached hydrogens (tertiary/aromatic N) is 1. The van der Waals surface area contributed by atoms with Gasteiger partial charge in [-0.05, 0) is 55.2 Å². The van der Waals surface area contributed by atoms with Crippen LogP contribution in [0.1, 0.15) is 44.6 Å². The molecule has 0 aliphatic carbocycles. The molecule has 1 saturated heterocycles. The summed E-state index contributed by atoms with van der Waals surface area (Å²) in [5.41, 5.74) is 0.910. The minimum Gasteiger partial charge on any atom is -0.481 e. The summed E-state index contributed by atoms with van der Waals surface area (Å²) in [6, 6.07) is 6.51. The Kier molecular flexibility index (Phi) is 6.76. The molecule has 0 bridgehead atoms. The van der Waals surface area contributed by atoms with Crippen LogP contribution < -0.4 is 0 Å². The van der Waals surface area contributed by atoms with E-state index in [2.05, 4.69) is 0 Å². The summed E-state index contributed by atoms with van der Waals surface area (Å²) >= 11 is 0. The molecule has 4 nitrogen and oxygen atoms in total. The molecule has 2 rings (SSSR count). The van der Waals surface area contributed by atoms with Gasteiger partial charge in [-0.3, -0.25) is 9.59 Å². The van der Waals surface area contributed by atoms with Crippen LogP contribution in [-0.2, 0) is 16.0 Å². The van der Waals surface area contributed by atoms with E-state index < -0.39 is 5.97 Å². The molecule has 1 aliphatic rings. The largest absolute Gasteiger partial charge is 0.481 e. The minimum atomic E-state index is -0.776. The molecule has 24 heavy (non-hydrogen) atoms. The van der Waals surface area contributed by atoms with Crippen LogP contribution in [0.25, 0.3) is 0 Å². The van der Waals surface area contributed by atoms with Crippen molar-refractivity contribution in [3.05, 3.63) is 35.6 Å². The Labute approximate surface area is 142 Å². The number of hydrogen-bond donors (Lipinski definition) is 1. The SMILES string of the molecule is CC(CC(=O)N1CCCC(CCC(=O)O)C1)Cc1cccc(F)c1. The van der Waals surface area contributed by atoms with Gasteiger partial charge in [0, 0.05) is 25.9 Å². The highest BCUT2D eigenvalue weighted by Gasteiger charge is 2.25. The Balaban J connectivity index is 1.81. The van der Waals surface area contributed by atoms with Crippen LogP contribution in [0.3, 0.4) is 0 Å². The van der Waals surface area contributed by atoms with Crippen molar-refractivity contribution in [3.63, 3.8) is 0 Å². The highest BCUT2D eigenvalue weighted by atomic mass is 19.1. The van der Waals surface area contributed by atoms with E-state index in [1.807, 2.05) is 17.9 Å². The van der Waals surface area contributed by atoms with Crippen molar-refractivity contribution in [2.45, 2.75) is 45.4 Å². The lowest BCUT2D eigenvalue weighted by Crippen LogP contribution is -2.40. The number of hydrogen-bond acceptors (Lipinski definition) is 2. The molecule has 5 heteroatoms. The Morgan fingerprint density at radius 3 is 2.92 bits per heavy atom. The van der Waals surface area contributed by atoms with Gasteiger partial charge in [-0.25, -0.2) is 4.39 Å². The van der Waals surface area contributed by atoms with Crippen LogP contribution in [0.4, 0.5) is 4.39 Å². The summed E-state index contributed by atoms with van der Waals surface area (Å²) in [6.07, 6.45) is 3.87. The Morgan fingerprint density at radius 1 is 1.42 bits per heavy atom. The van der Waals surface area contributed by atoms with Gasteiger partial charge in [0.2, 0.25) is 5.91 Å². The average Bonchev–Trinajstić information content (AvgIpc) is 2.53. The maximum atomic E-state index is 13.2. The molecule has 1 amide bonds. The van der Waals surface area contributed by atoms with E-state index in [0.29, 0.717) is 25.8 Å². The quantitative estimate of drug-likeness (QED) is 0.830. The third kappa shape index (κ3) is 5.95. The molecule has 2 unspecified atom stereocenters. The summed E-state index contributed by atoms with van der Waals surface area (Å²) in [5.74, 6) is -0.458. The zero-order chi connectivity index (χ0) is 17.5. The smallest absolute Gasteiger partial charge is 0.303 e. The number of benzene rings is 1. The van der Waals surface area contributed by atoms with E-state index in [1.54, 1.807) is 6.07 Å². The van der Waals surface area contributed by atoms with Gasteiger partial charge >= 0.3 is 5.97 Å². The molecule has 1 aliphatic heterocycles. The van der Waals surface area contributed by atoms with Crippen molar-refractivity contribution < 1.29 is 19.1 Å². The molecule has 1 fully saturated rings.